The number of Topliss-reactive ketones (excluding diaryl/α,β-unsaturated/α-hetero) is 1. The lowest BCUT2D eigenvalue weighted by Crippen LogP contribution is -2.26. The van der Waals surface area contributed by atoms with Crippen LogP contribution >= 0.6 is 0 Å². The number of nitrogens with zero attached hydrogens (tertiary/aromatic N) is 2. The first-order valence-corrected chi connectivity index (χ1v) is 11.4. The Labute approximate surface area is 199 Å². The van der Waals surface area contributed by atoms with Crippen LogP contribution in [0, 0.1) is 15.9 Å². The first kappa shape index (κ1) is 25.3. The van der Waals surface area contributed by atoms with E-state index in [0.29, 0.717) is 5.69 Å². The Bertz CT molecular complexity index is 1330. The van der Waals surface area contributed by atoms with E-state index in [4.69, 9.17) is 9.47 Å². The van der Waals surface area contributed by atoms with Gasteiger partial charge in [0.15, 0.2) is 19.0 Å². The van der Waals surface area contributed by atoms with Gasteiger partial charge in [0.1, 0.15) is 11.6 Å². The summed E-state index contributed by atoms with van der Waals surface area (Å²) >= 11 is 0. The number of anilines is 1. The summed E-state index contributed by atoms with van der Waals surface area (Å²) in [5.41, 5.74) is 0.287. The molecule has 0 spiro atoms. The molecule has 3 rings (SSSR count). The number of carbonyl (C=O) groups excluding carboxylic acids is 2. The molecule has 12 heteroatoms. The highest BCUT2D eigenvalue weighted by Crippen LogP contribution is 2.24. The number of benzene rings is 3. The first-order valence-electron chi connectivity index (χ1n) is 9.98. The van der Waals surface area contributed by atoms with Crippen molar-refractivity contribution in [2.45, 2.75) is 4.90 Å². The Morgan fingerprint density at radius 3 is 2.11 bits per heavy atom. The Morgan fingerprint density at radius 2 is 1.54 bits per heavy atom. The van der Waals surface area contributed by atoms with E-state index in [-0.39, 0.29) is 21.9 Å². The van der Waals surface area contributed by atoms with Gasteiger partial charge in [0.25, 0.3) is 15.7 Å². The fraction of sp³-hybridized carbons (Fsp3) is 0.130. The monoisotopic (exact) mass is 502 g/mol. The number of nitro benzene ring substituents is 1. The SMILES string of the molecule is CN(c1ccc(OCC(=O)OCC(=O)c2ccc([N+](=O)[O-])cc2)cc1)S(=O)(=O)c1ccc(F)cc1. The minimum Gasteiger partial charge on any atom is -0.482 e. The number of sulfonamides is 1. The summed E-state index contributed by atoms with van der Waals surface area (Å²) in [5.74, 6) is -1.66. The average molecular weight is 502 g/mol. The third kappa shape index (κ3) is 6.38. The second-order valence-electron chi connectivity index (χ2n) is 7.10. The Hall–Kier alpha value is -4.32. The summed E-state index contributed by atoms with van der Waals surface area (Å²) < 4.78 is 49.6. The van der Waals surface area contributed by atoms with Crippen molar-refractivity contribution in [3.05, 3.63) is 94.3 Å². The van der Waals surface area contributed by atoms with Crippen LogP contribution in [-0.2, 0) is 19.6 Å². The van der Waals surface area contributed by atoms with Crippen molar-refractivity contribution in [2.75, 3.05) is 24.6 Å². The highest BCUT2D eigenvalue weighted by molar-refractivity contribution is 7.92. The molecule has 0 amide bonds. The maximum atomic E-state index is 13.1. The standard InChI is InChI=1S/C23H19FN2O8S/c1-25(35(31,32)21-12-4-17(24)5-13-21)18-8-10-20(11-9-18)33-15-23(28)34-14-22(27)16-2-6-19(7-3-16)26(29)30/h2-13H,14-15H2,1H3. The van der Waals surface area contributed by atoms with Crippen LogP contribution in [0.1, 0.15) is 10.4 Å². The topological polar surface area (TPSA) is 133 Å². The van der Waals surface area contributed by atoms with Crippen molar-refractivity contribution in [1.29, 1.82) is 0 Å². The molecule has 35 heavy (non-hydrogen) atoms. The van der Waals surface area contributed by atoms with E-state index in [1.807, 2.05) is 0 Å². The summed E-state index contributed by atoms with van der Waals surface area (Å²) in [7, 11) is -2.56. The van der Waals surface area contributed by atoms with Crippen LogP contribution < -0.4 is 9.04 Å². The number of hydrogen-bond donors (Lipinski definition) is 0. The number of hydrogen-bond acceptors (Lipinski definition) is 8. The lowest BCUT2D eigenvalue weighted by molar-refractivity contribution is -0.384. The largest absolute Gasteiger partial charge is 0.482 e. The smallest absolute Gasteiger partial charge is 0.344 e. The van der Waals surface area contributed by atoms with Gasteiger partial charge in [-0.2, -0.15) is 0 Å². The van der Waals surface area contributed by atoms with Crippen LogP contribution in [-0.4, -0.2) is 45.4 Å². The van der Waals surface area contributed by atoms with Gasteiger partial charge in [-0.1, -0.05) is 0 Å². The van der Waals surface area contributed by atoms with Gasteiger partial charge in [0.05, 0.1) is 15.5 Å². The quantitative estimate of drug-likeness (QED) is 0.178. The Balaban J connectivity index is 1.51. The van der Waals surface area contributed by atoms with Crippen molar-refractivity contribution in [1.82, 2.24) is 0 Å². The average Bonchev–Trinajstić information content (AvgIpc) is 2.86. The molecule has 0 saturated carbocycles. The fourth-order valence-electron chi connectivity index (χ4n) is 2.84. The third-order valence-corrected chi connectivity index (χ3v) is 6.59. The van der Waals surface area contributed by atoms with Crippen molar-refractivity contribution in [3.8, 4) is 5.75 Å². The number of non-ortho nitro benzene ring substituents is 1. The van der Waals surface area contributed by atoms with Crippen LogP contribution in [0.5, 0.6) is 5.75 Å². The van der Waals surface area contributed by atoms with Gasteiger partial charge < -0.3 is 9.47 Å². The van der Waals surface area contributed by atoms with Gasteiger partial charge in [-0.05, 0) is 60.7 Å². The molecule has 0 aliphatic heterocycles. The van der Waals surface area contributed by atoms with Crippen LogP contribution in [0.25, 0.3) is 0 Å². The molecule has 0 aliphatic rings. The van der Waals surface area contributed by atoms with E-state index in [1.165, 1.54) is 55.6 Å². The maximum Gasteiger partial charge on any atom is 0.344 e. The minimum absolute atomic E-state index is 0.0762. The Kier molecular flexibility index (Phi) is 7.76. The second kappa shape index (κ2) is 10.7. The highest BCUT2D eigenvalue weighted by Gasteiger charge is 2.21. The molecule has 0 radical (unpaired) electrons. The Morgan fingerprint density at radius 1 is 0.943 bits per heavy atom. The summed E-state index contributed by atoms with van der Waals surface area (Å²) in [5, 5.41) is 10.6. The molecule has 0 N–H and O–H groups in total. The molecule has 10 nitrogen and oxygen atoms in total. The zero-order valence-corrected chi connectivity index (χ0v) is 19.1. The highest BCUT2D eigenvalue weighted by atomic mass is 32.2. The van der Waals surface area contributed by atoms with E-state index in [0.717, 1.165) is 28.6 Å². The van der Waals surface area contributed by atoms with E-state index < -0.39 is 45.7 Å². The molecule has 0 heterocycles. The molecular formula is C23H19FN2O8S. The molecular weight excluding hydrogens is 483 g/mol. The maximum absolute atomic E-state index is 13.1. The van der Waals surface area contributed by atoms with Gasteiger partial charge in [0, 0.05) is 24.7 Å². The molecule has 0 aromatic heterocycles. The first-order chi connectivity index (χ1) is 16.6. The van der Waals surface area contributed by atoms with Gasteiger partial charge in [-0.25, -0.2) is 17.6 Å². The van der Waals surface area contributed by atoms with Gasteiger partial charge in [-0.3, -0.25) is 19.2 Å². The molecule has 0 atom stereocenters. The molecule has 182 valence electrons. The summed E-state index contributed by atoms with van der Waals surface area (Å²) in [6.45, 7) is -1.07. The van der Waals surface area contributed by atoms with Crippen LogP contribution in [0.3, 0.4) is 0 Å². The third-order valence-electron chi connectivity index (χ3n) is 4.79. The van der Waals surface area contributed by atoms with Crippen LogP contribution in [0.4, 0.5) is 15.8 Å². The van der Waals surface area contributed by atoms with E-state index in [2.05, 4.69) is 0 Å². The molecule has 0 unspecified atom stereocenters. The number of rotatable bonds is 10. The zero-order chi connectivity index (χ0) is 25.6. The normalized spacial score (nSPS) is 10.9. The number of esters is 1. The number of carbonyl (C=O) groups is 2. The zero-order valence-electron chi connectivity index (χ0n) is 18.3. The van der Waals surface area contributed by atoms with Crippen molar-refractivity contribution >= 4 is 33.2 Å². The molecule has 3 aromatic carbocycles. The predicted octanol–water partition coefficient (Wildman–Crippen LogP) is 3.36. The van der Waals surface area contributed by atoms with E-state index in [1.54, 1.807) is 0 Å². The summed E-state index contributed by atoms with van der Waals surface area (Å²) in [6.07, 6.45) is 0. The lowest BCUT2D eigenvalue weighted by atomic mass is 10.1. The molecule has 0 bridgehead atoms. The molecule has 3 aromatic rings. The van der Waals surface area contributed by atoms with Crippen LogP contribution in [0.15, 0.2) is 77.7 Å². The number of nitro groups is 1. The van der Waals surface area contributed by atoms with Crippen molar-refractivity contribution < 1.29 is 36.8 Å². The van der Waals surface area contributed by atoms with Crippen molar-refractivity contribution in [2.24, 2.45) is 0 Å². The summed E-state index contributed by atoms with van der Waals surface area (Å²) in [6, 6.07) is 15.1. The van der Waals surface area contributed by atoms with Gasteiger partial charge >= 0.3 is 5.97 Å². The molecule has 0 aliphatic carbocycles. The van der Waals surface area contributed by atoms with E-state index >= 15 is 0 Å². The second-order valence-corrected chi connectivity index (χ2v) is 9.07. The number of halogens is 1. The molecule has 0 fully saturated rings. The molecule has 0 saturated heterocycles. The minimum atomic E-state index is -3.91. The fourth-order valence-corrected chi connectivity index (χ4v) is 4.03. The number of ketones is 1. The van der Waals surface area contributed by atoms with Gasteiger partial charge in [-0.15, -0.1) is 0 Å². The van der Waals surface area contributed by atoms with Crippen LogP contribution in [0.2, 0.25) is 0 Å². The van der Waals surface area contributed by atoms with E-state index in [9.17, 15) is 32.5 Å². The predicted molar refractivity (Wildman–Crippen MR) is 122 cm³/mol. The lowest BCUT2D eigenvalue weighted by Gasteiger charge is -2.19. The number of ether oxygens (including phenoxy) is 2. The summed E-state index contributed by atoms with van der Waals surface area (Å²) in [4.78, 5) is 33.9. The van der Waals surface area contributed by atoms with Crippen molar-refractivity contribution in [3.63, 3.8) is 0 Å². The van der Waals surface area contributed by atoms with Gasteiger partial charge in [0.2, 0.25) is 0 Å².